The fourth-order valence-corrected chi connectivity index (χ4v) is 2.76. The smallest absolute Gasteiger partial charge is 0.225 e. The van der Waals surface area contributed by atoms with Crippen molar-refractivity contribution in [1.29, 1.82) is 0 Å². The molecule has 2 aromatic rings. The SMILES string of the molecule is CC(=O)Nc1cc(NC(=O)CCSc2ccc(F)cc2)ccc1F. The van der Waals surface area contributed by atoms with Gasteiger partial charge in [-0.3, -0.25) is 9.59 Å². The molecule has 126 valence electrons. The molecule has 0 heterocycles. The molecule has 2 rings (SSSR count). The molecule has 0 saturated carbocycles. The number of nitrogens with one attached hydrogen (secondary N) is 2. The standard InChI is InChI=1S/C17H16F2N2O2S/c1-11(22)20-16-10-13(4-7-15(16)19)21-17(23)8-9-24-14-5-2-12(18)3-6-14/h2-7,10H,8-9H2,1H3,(H,20,22)(H,21,23). The fraction of sp³-hybridized carbons (Fsp3) is 0.176. The first-order valence-electron chi connectivity index (χ1n) is 7.19. The van der Waals surface area contributed by atoms with E-state index in [-0.39, 0.29) is 23.8 Å². The van der Waals surface area contributed by atoms with E-state index in [1.165, 1.54) is 49.0 Å². The van der Waals surface area contributed by atoms with Crippen LogP contribution in [0.15, 0.2) is 47.4 Å². The van der Waals surface area contributed by atoms with Crippen LogP contribution in [0.3, 0.4) is 0 Å². The molecule has 0 unspecified atom stereocenters. The van der Waals surface area contributed by atoms with E-state index in [2.05, 4.69) is 10.6 Å². The molecular formula is C17H16F2N2O2S. The zero-order chi connectivity index (χ0) is 17.5. The molecule has 2 amide bonds. The lowest BCUT2D eigenvalue weighted by molar-refractivity contribution is -0.116. The van der Waals surface area contributed by atoms with Crippen molar-refractivity contribution in [1.82, 2.24) is 0 Å². The first-order chi connectivity index (χ1) is 11.4. The highest BCUT2D eigenvalue weighted by Gasteiger charge is 2.08. The zero-order valence-electron chi connectivity index (χ0n) is 12.9. The molecule has 2 aromatic carbocycles. The summed E-state index contributed by atoms with van der Waals surface area (Å²) in [7, 11) is 0. The van der Waals surface area contributed by atoms with E-state index < -0.39 is 11.7 Å². The van der Waals surface area contributed by atoms with Crippen LogP contribution < -0.4 is 10.6 Å². The molecule has 0 atom stereocenters. The lowest BCUT2D eigenvalue weighted by Crippen LogP contribution is -2.13. The first-order valence-corrected chi connectivity index (χ1v) is 8.18. The third kappa shape index (κ3) is 5.66. The van der Waals surface area contributed by atoms with Crippen LogP contribution in [0.1, 0.15) is 13.3 Å². The summed E-state index contributed by atoms with van der Waals surface area (Å²) in [6.45, 7) is 1.28. The average molecular weight is 350 g/mol. The molecule has 0 radical (unpaired) electrons. The van der Waals surface area contributed by atoms with Gasteiger partial charge in [0, 0.05) is 29.7 Å². The Kier molecular flexibility index (Phi) is 6.31. The second-order valence-corrected chi connectivity index (χ2v) is 6.14. The maximum atomic E-state index is 13.5. The molecule has 24 heavy (non-hydrogen) atoms. The van der Waals surface area contributed by atoms with Gasteiger partial charge in [0.1, 0.15) is 11.6 Å². The molecule has 0 aliphatic rings. The average Bonchev–Trinajstić information content (AvgIpc) is 2.52. The van der Waals surface area contributed by atoms with Crippen LogP contribution in [-0.4, -0.2) is 17.6 Å². The highest BCUT2D eigenvalue weighted by atomic mass is 32.2. The van der Waals surface area contributed by atoms with Gasteiger partial charge in [-0.15, -0.1) is 11.8 Å². The Morgan fingerprint density at radius 3 is 2.42 bits per heavy atom. The van der Waals surface area contributed by atoms with Crippen LogP contribution in [-0.2, 0) is 9.59 Å². The van der Waals surface area contributed by atoms with Gasteiger partial charge in [-0.1, -0.05) is 0 Å². The van der Waals surface area contributed by atoms with Crippen molar-refractivity contribution in [2.45, 2.75) is 18.2 Å². The normalized spacial score (nSPS) is 10.3. The zero-order valence-corrected chi connectivity index (χ0v) is 13.8. The minimum Gasteiger partial charge on any atom is -0.326 e. The summed E-state index contributed by atoms with van der Waals surface area (Å²) in [6.07, 6.45) is 0.245. The van der Waals surface area contributed by atoms with Crippen LogP contribution in [0.25, 0.3) is 0 Å². The third-order valence-electron chi connectivity index (χ3n) is 2.97. The van der Waals surface area contributed by atoms with Crippen molar-refractivity contribution in [2.24, 2.45) is 0 Å². The van der Waals surface area contributed by atoms with Crippen LogP contribution in [0.2, 0.25) is 0 Å². The Morgan fingerprint density at radius 1 is 1.04 bits per heavy atom. The molecular weight excluding hydrogens is 334 g/mol. The van der Waals surface area contributed by atoms with Crippen LogP contribution >= 0.6 is 11.8 Å². The second kappa shape index (κ2) is 8.44. The molecule has 0 aliphatic carbocycles. The van der Waals surface area contributed by atoms with Gasteiger partial charge < -0.3 is 10.6 Å². The minimum atomic E-state index is -0.574. The van der Waals surface area contributed by atoms with E-state index in [0.717, 1.165) is 4.90 Å². The van der Waals surface area contributed by atoms with E-state index >= 15 is 0 Å². The predicted molar refractivity (Wildman–Crippen MR) is 91.1 cm³/mol. The fourth-order valence-electron chi connectivity index (χ4n) is 1.90. The number of anilines is 2. The Hall–Kier alpha value is -2.41. The number of thioether (sulfide) groups is 1. The summed E-state index contributed by atoms with van der Waals surface area (Å²) in [5.41, 5.74) is 0.415. The lowest BCUT2D eigenvalue weighted by atomic mass is 10.2. The Balaban J connectivity index is 1.85. The number of carbonyl (C=O) groups excluding carboxylic acids is 2. The van der Waals surface area contributed by atoms with E-state index in [1.54, 1.807) is 12.1 Å². The molecule has 2 N–H and O–H groups in total. The summed E-state index contributed by atoms with van der Waals surface area (Å²) < 4.78 is 26.3. The number of hydrogen-bond donors (Lipinski definition) is 2. The van der Waals surface area contributed by atoms with Gasteiger partial charge in [0.2, 0.25) is 11.8 Å². The van der Waals surface area contributed by atoms with Crippen molar-refractivity contribution in [3.8, 4) is 0 Å². The highest BCUT2D eigenvalue weighted by Crippen LogP contribution is 2.21. The van der Waals surface area contributed by atoms with Crippen LogP contribution in [0.4, 0.5) is 20.2 Å². The highest BCUT2D eigenvalue weighted by molar-refractivity contribution is 7.99. The van der Waals surface area contributed by atoms with E-state index in [9.17, 15) is 18.4 Å². The molecule has 0 fully saturated rings. The first kappa shape index (κ1) is 17.9. The summed E-state index contributed by atoms with van der Waals surface area (Å²) in [5.74, 6) is -0.978. The minimum absolute atomic E-state index is 0.0148. The number of benzene rings is 2. The Labute approximate surface area is 142 Å². The summed E-state index contributed by atoms with van der Waals surface area (Å²) in [4.78, 5) is 23.8. The van der Waals surface area contributed by atoms with Gasteiger partial charge in [-0.25, -0.2) is 8.78 Å². The molecule has 0 bridgehead atoms. The van der Waals surface area contributed by atoms with Crippen molar-refractivity contribution in [2.75, 3.05) is 16.4 Å². The van der Waals surface area contributed by atoms with E-state index in [0.29, 0.717) is 11.4 Å². The molecule has 0 aromatic heterocycles. The van der Waals surface area contributed by atoms with Crippen molar-refractivity contribution < 1.29 is 18.4 Å². The number of carbonyl (C=O) groups is 2. The Morgan fingerprint density at radius 2 is 1.75 bits per heavy atom. The second-order valence-electron chi connectivity index (χ2n) is 4.98. The molecule has 0 spiro atoms. The third-order valence-corrected chi connectivity index (χ3v) is 3.99. The van der Waals surface area contributed by atoms with Crippen molar-refractivity contribution in [3.05, 3.63) is 54.1 Å². The van der Waals surface area contributed by atoms with Gasteiger partial charge in [-0.2, -0.15) is 0 Å². The number of hydrogen-bond acceptors (Lipinski definition) is 3. The molecule has 0 saturated heterocycles. The molecule has 7 heteroatoms. The number of amides is 2. The number of rotatable bonds is 6. The lowest BCUT2D eigenvalue weighted by Gasteiger charge is -2.09. The van der Waals surface area contributed by atoms with Crippen molar-refractivity contribution >= 4 is 35.0 Å². The maximum Gasteiger partial charge on any atom is 0.225 e. The van der Waals surface area contributed by atoms with Gasteiger partial charge in [-0.05, 0) is 42.5 Å². The monoisotopic (exact) mass is 350 g/mol. The van der Waals surface area contributed by atoms with E-state index in [1.807, 2.05) is 0 Å². The molecule has 0 aliphatic heterocycles. The summed E-state index contributed by atoms with van der Waals surface area (Å²) in [6, 6.07) is 9.99. The topological polar surface area (TPSA) is 58.2 Å². The van der Waals surface area contributed by atoms with E-state index in [4.69, 9.17) is 0 Å². The number of halogens is 2. The quantitative estimate of drug-likeness (QED) is 0.773. The van der Waals surface area contributed by atoms with Gasteiger partial charge in [0.15, 0.2) is 0 Å². The van der Waals surface area contributed by atoms with Gasteiger partial charge >= 0.3 is 0 Å². The Bertz CT molecular complexity index is 736. The largest absolute Gasteiger partial charge is 0.326 e. The molecule has 4 nitrogen and oxygen atoms in total. The maximum absolute atomic E-state index is 13.5. The summed E-state index contributed by atoms with van der Waals surface area (Å²) in [5, 5.41) is 5.00. The van der Waals surface area contributed by atoms with Crippen LogP contribution in [0, 0.1) is 11.6 Å². The summed E-state index contributed by atoms with van der Waals surface area (Å²) >= 11 is 1.44. The van der Waals surface area contributed by atoms with Gasteiger partial charge in [0.05, 0.1) is 5.69 Å². The van der Waals surface area contributed by atoms with Crippen LogP contribution in [0.5, 0.6) is 0 Å². The van der Waals surface area contributed by atoms with Crippen molar-refractivity contribution in [3.63, 3.8) is 0 Å². The predicted octanol–water partition coefficient (Wildman–Crippen LogP) is 4.04. The van der Waals surface area contributed by atoms with Gasteiger partial charge in [0.25, 0.3) is 0 Å².